The summed E-state index contributed by atoms with van der Waals surface area (Å²) >= 11 is 5.62. The van der Waals surface area contributed by atoms with E-state index in [2.05, 4.69) is 0 Å². The molecule has 0 atom stereocenters. The van der Waals surface area contributed by atoms with Gasteiger partial charge in [-0.15, -0.1) is 0 Å². The van der Waals surface area contributed by atoms with Gasteiger partial charge in [0.15, 0.2) is 0 Å². The van der Waals surface area contributed by atoms with E-state index in [4.69, 9.17) is 22.0 Å². The molecule has 0 bridgehead atoms. The quantitative estimate of drug-likeness (QED) is 0.694. The number of nitriles is 1. The molecule has 0 aliphatic heterocycles. The maximum absolute atomic E-state index is 9.13. The second-order valence-electron chi connectivity index (χ2n) is 2.23. The number of rotatable bonds is 0. The summed E-state index contributed by atoms with van der Waals surface area (Å²) in [5, 5.41) is 17.9. The van der Waals surface area contributed by atoms with Gasteiger partial charge in [-0.05, 0) is 18.6 Å². The maximum Gasteiger partial charge on any atom is 0.120 e. The van der Waals surface area contributed by atoms with Crippen molar-refractivity contribution in [3.8, 4) is 11.8 Å². The van der Waals surface area contributed by atoms with Gasteiger partial charge >= 0.3 is 0 Å². The molecule has 0 aromatic heterocycles. The van der Waals surface area contributed by atoms with Crippen LogP contribution in [0.4, 0.5) is 0 Å². The lowest BCUT2D eigenvalue weighted by molar-refractivity contribution is 0.471. The summed E-state index contributed by atoms with van der Waals surface area (Å²) in [6.45, 7) is 5.71. The minimum atomic E-state index is 0.119. The van der Waals surface area contributed by atoms with E-state index in [9.17, 15) is 0 Å². The van der Waals surface area contributed by atoms with Crippen molar-refractivity contribution in [1.29, 1.82) is 5.26 Å². The van der Waals surface area contributed by atoms with Crippen LogP contribution in [0.25, 0.3) is 0 Å². The zero-order valence-electron chi connectivity index (χ0n) is 7.93. The van der Waals surface area contributed by atoms with Gasteiger partial charge in [0, 0.05) is 6.07 Å². The highest BCUT2D eigenvalue weighted by molar-refractivity contribution is 6.31. The van der Waals surface area contributed by atoms with Crippen molar-refractivity contribution < 1.29 is 5.11 Å². The Labute approximate surface area is 83.4 Å². The van der Waals surface area contributed by atoms with Gasteiger partial charge < -0.3 is 5.11 Å². The van der Waals surface area contributed by atoms with Gasteiger partial charge in [0.1, 0.15) is 11.8 Å². The third-order valence-corrected chi connectivity index (χ3v) is 1.72. The molecule has 2 nitrogen and oxygen atoms in total. The average Bonchev–Trinajstić information content (AvgIpc) is 2.15. The number of phenolic OH excluding ortho intramolecular Hbond substituents is 1. The molecule has 0 heterocycles. The molecule has 0 amide bonds. The zero-order valence-corrected chi connectivity index (χ0v) is 8.68. The van der Waals surface area contributed by atoms with Crippen LogP contribution in [0.1, 0.15) is 25.0 Å². The Balaban J connectivity index is 0.000000671. The number of hydrogen-bond acceptors (Lipinski definition) is 2. The Morgan fingerprint density at radius 3 is 2.38 bits per heavy atom. The molecule has 0 saturated heterocycles. The fourth-order valence-corrected chi connectivity index (χ4v) is 0.957. The fraction of sp³-hybridized carbons (Fsp3) is 0.300. The first-order valence-corrected chi connectivity index (χ1v) is 4.42. The lowest BCUT2D eigenvalue weighted by atomic mass is 10.1. The lowest BCUT2D eigenvalue weighted by Crippen LogP contribution is -1.80. The van der Waals surface area contributed by atoms with Crippen molar-refractivity contribution in [2.75, 3.05) is 0 Å². The normalized spacial score (nSPS) is 8.23. The maximum atomic E-state index is 9.13. The standard InChI is InChI=1S/C8H6ClNO.C2H6/c1-5-2-6(4-10)7(9)3-8(5)11;1-2/h2-3,11H,1H3;1-2H3. The van der Waals surface area contributed by atoms with Crippen LogP contribution in [-0.2, 0) is 0 Å². The summed E-state index contributed by atoms with van der Waals surface area (Å²) in [7, 11) is 0. The van der Waals surface area contributed by atoms with Crippen LogP contribution in [0.3, 0.4) is 0 Å². The molecular weight excluding hydrogens is 186 g/mol. The van der Waals surface area contributed by atoms with Crippen LogP contribution in [0, 0.1) is 18.3 Å². The van der Waals surface area contributed by atoms with Gasteiger partial charge in [-0.1, -0.05) is 25.4 Å². The van der Waals surface area contributed by atoms with E-state index in [1.807, 2.05) is 19.9 Å². The summed E-state index contributed by atoms with van der Waals surface area (Å²) < 4.78 is 0. The topological polar surface area (TPSA) is 44.0 Å². The van der Waals surface area contributed by atoms with Gasteiger partial charge in [-0.25, -0.2) is 0 Å². The predicted octanol–water partition coefficient (Wildman–Crippen LogP) is 3.25. The molecule has 1 aromatic carbocycles. The molecule has 0 fully saturated rings. The smallest absolute Gasteiger partial charge is 0.120 e. The third kappa shape index (κ3) is 2.96. The summed E-state index contributed by atoms with van der Waals surface area (Å²) in [5.41, 5.74) is 1.05. The predicted molar refractivity (Wildman–Crippen MR) is 53.9 cm³/mol. The molecule has 70 valence electrons. The minimum Gasteiger partial charge on any atom is -0.508 e. The molecule has 0 aliphatic carbocycles. The molecule has 0 aliphatic rings. The van der Waals surface area contributed by atoms with Crippen molar-refractivity contribution in [3.05, 3.63) is 28.3 Å². The number of nitrogens with zero attached hydrogens (tertiary/aromatic N) is 1. The van der Waals surface area contributed by atoms with E-state index in [1.54, 1.807) is 13.0 Å². The first kappa shape index (κ1) is 11.8. The van der Waals surface area contributed by atoms with Crippen LogP contribution in [-0.4, -0.2) is 5.11 Å². The summed E-state index contributed by atoms with van der Waals surface area (Å²) in [4.78, 5) is 0. The van der Waals surface area contributed by atoms with Crippen molar-refractivity contribution in [2.45, 2.75) is 20.8 Å². The Hall–Kier alpha value is -1.20. The first-order chi connectivity index (χ1) is 6.15. The molecule has 0 radical (unpaired) electrons. The molecule has 1 aromatic rings. The van der Waals surface area contributed by atoms with Crippen molar-refractivity contribution >= 4 is 11.6 Å². The number of benzene rings is 1. The van der Waals surface area contributed by atoms with E-state index in [0.29, 0.717) is 11.1 Å². The highest BCUT2D eigenvalue weighted by Gasteiger charge is 2.02. The van der Waals surface area contributed by atoms with Gasteiger partial charge in [-0.3, -0.25) is 0 Å². The molecule has 13 heavy (non-hydrogen) atoms. The first-order valence-electron chi connectivity index (χ1n) is 4.04. The zero-order chi connectivity index (χ0) is 10.4. The second-order valence-corrected chi connectivity index (χ2v) is 2.64. The van der Waals surface area contributed by atoms with Gasteiger partial charge in [-0.2, -0.15) is 5.26 Å². The molecule has 1 N–H and O–H groups in total. The van der Waals surface area contributed by atoms with Crippen LogP contribution in [0.5, 0.6) is 5.75 Å². The van der Waals surface area contributed by atoms with Gasteiger partial charge in [0.25, 0.3) is 0 Å². The van der Waals surface area contributed by atoms with Crippen molar-refractivity contribution in [2.24, 2.45) is 0 Å². The van der Waals surface area contributed by atoms with E-state index in [1.165, 1.54) is 6.07 Å². The highest BCUT2D eigenvalue weighted by atomic mass is 35.5. The lowest BCUT2D eigenvalue weighted by Gasteiger charge is -1.99. The number of aryl methyl sites for hydroxylation is 1. The third-order valence-electron chi connectivity index (χ3n) is 1.41. The molecule has 0 unspecified atom stereocenters. The minimum absolute atomic E-state index is 0.119. The van der Waals surface area contributed by atoms with E-state index < -0.39 is 0 Å². The molecule has 3 heteroatoms. The number of hydrogen-bond donors (Lipinski definition) is 1. The molecular formula is C10H12ClNO. The molecule has 0 spiro atoms. The Morgan fingerprint density at radius 1 is 1.38 bits per heavy atom. The summed E-state index contributed by atoms with van der Waals surface area (Å²) in [6, 6.07) is 4.84. The number of phenols is 1. The van der Waals surface area contributed by atoms with E-state index in [-0.39, 0.29) is 10.8 Å². The monoisotopic (exact) mass is 197 g/mol. The number of halogens is 1. The van der Waals surface area contributed by atoms with Crippen molar-refractivity contribution in [3.63, 3.8) is 0 Å². The molecule has 0 saturated carbocycles. The number of aromatic hydroxyl groups is 1. The second kappa shape index (κ2) is 5.45. The van der Waals surface area contributed by atoms with Crippen LogP contribution < -0.4 is 0 Å². The highest BCUT2D eigenvalue weighted by Crippen LogP contribution is 2.24. The summed E-state index contributed by atoms with van der Waals surface area (Å²) in [5.74, 6) is 0.119. The Bertz CT molecular complexity index is 328. The SMILES string of the molecule is CC.Cc1cc(C#N)c(Cl)cc1O. The summed E-state index contributed by atoms with van der Waals surface area (Å²) in [6.07, 6.45) is 0. The van der Waals surface area contributed by atoms with Gasteiger partial charge in [0.05, 0.1) is 10.6 Å². The Morgan fingerprint density at radius 2 is 1.92 bits per heavy atom. The average molecular weight is 198 g/mol. The van der Waals surface area contributed by atoms with Crippen molar-refractivity contribution in [1.82, 2.24) is 0 Å². The molecule has 1 rings (SSSR count). The van der Waals surface area contributed by atoms with E-state index in [0.717, 1.165) is 0 Å². The van der Waals surface area contributed by atoms with Crippen LogP contribution >= 0.6 is 11.6 Å². The van der Waals surface area contributed by atoms with Gasteiger partial charge in [0.2, 0.25) is 0 Å². The fourth-order valence-electron chi connectivity index (χ4n) is 0.757. The van der Waals surface area contributed by atoms with Crippen LogP contribution in [0.15, 0.2) is 12.1 Å². The van der Waals surface area contributed by atoms with E-state index >= 15 is 0 Å². The largest absolute Gasteiger partial charge is 0.508 e. The Kier molecular flexibility index (Phi) is 4.94. The van der Waals surface area contributed by atoms with Crippen LogP contribution in [0.2, 0.25) is 5.02 Å².